The summed E-state index contributed by atoms with van der Waals surface area (Å²) in [7, 11) is 1.53. The molecular formula is C21H25FN6O4. The fourth-order valence-corrected chi connectivity index (χ4v) is 3.87. The summed E-state index contributed by atoms with van der Waals surface area (Å²) in [5.74, 6) is 0.157. The van der Waals surface area contributed by atoms with Gasteiger partial charge >= 0.3 is 11.8 Å². The average Bonchev–Trinajstić information content (AvgIpc) is 3.13. The summed E-state index contributed by atoms with van der Waals surface area (Å²) < 4.78 is 22.3. The van der Waals surface area contributed by atoms with Gasteiger partial charge in [0.15, 0.2) is 11.2 Å². The van der Waals surface area contributed by atoms with E-state index in [1.54, 1.807) is 34.6 Å². The van der Waals surface area contributed by atoms with Crippen LogP contribution in [0.2, 0.25) is 0 Å². The Labute approximate surface area is 182 Å². The maximum atomic E-state index is 14.4. The number of hydrogen-bond acceptors (Lipinski definition) is 6. The molecule has 4 rings (SSSR count). The van der Waals surface area contributed by atoms with Gasteiger partial charge in [-0.05, 0) is 13.0 Å². The van der Waals surface area contributed by atoms with E-state index < -0.39 is 11.2 Å². The van der Waals surface area contributed by atoms with Gasteiger partial charge in [0.1, 0.15) is 11.6 Å². The highest BCUT2D eigenvalue weighted by Gasteiger charge is 2.25. The van der Waals surface area contributed by atoms with Gasteiger partial charge in [-0.1, -0.05) is 18.2 Å². The number of amides is 1. The van der Waals surface area contributed by atoms with Crippen LogP contribution >= 0.6 is 0 Å². The van der Waals surface area contributed by atoms with Gasteiger partial charge in [0.05, 0.1) is 19.7 Å². The number of imidazole rings is 1. The minimum absolute atomic E-state index is 0.0998. The van der Waals surface area contributed by atoms with E-state index in [9.17, 15) is 18.8 Å². The Balaban J connectivity index is 1.67. The first-order chi connectivity index (χ1) is 15.4. The Bertz CT molecular complexity index is 1260. The number of nitrogens with one attached hydrogen (secondary N) is 1. The molecule has 1 aliphatic rings. The monoisotopic (exact) mass is 444 g/mol. The second kappa shape index (κ2) is 8.95. The van der Waals surface area contributed by atoms with Gasteiger partial charge in [0.25, 0.3) is 5.56 Å². The third-order valence-corrected chi connectivity index (χ3v) is 5.64. The van der Waals surface area contributed by atoms with Crippen molar-refractivity contribution in [1.29, 1.82) is 0 Å². The molecule has 0 spiro atoms. The molecule has 3 aromatic rings. The number of rotatable bonds is 5. The van der Waals surface area contributed by atoms with Crippen molar-refractivity contribution in [2.75, 3.05) is 32.8 Å². The van der Waals surface area contributed by atoms with E-state index >= 15 is 0 Å². The van der Waals surface area contributed by atoms with Crippen LogP contribution in [0.1, 0.15) is 18.3 Å². The summed E-state index contributed by atoms with van der Waals surface area (Å²) in [6.07, 6.45) is -0.333. The average molecular weight is 444 g/mol. The number of aromatic nitrogens is 4. The quantitative estimate of drug-likeness (QED) is 0.627. The van der Waals surface area contributed by atoms with Gasteiger partial charge in [-0.3, -0.25) is 19.2 Å². The number of aromatic amines is 1. The second-order valence-corrected chi connectivity index (χ2v) is 7.66. The zero-order valence-corrected chi connectivity index (χ0v) is 18.0. The molecule has 0 bridgehead atoms. The van der Waals surface area contributed by atoms with E-state index in [2.05, 4.69) is 14.9 Å². The third-order valence-electron chi connectivity index (χ3n) is 5.64. The van der Waals surface area contributed by atoms with Crippen molar-refractivity contribution >= 4 is 17.3 Å². The molecule has 1 aromatic carbocycles. The Morgan fingerprint density at radius 1 is 1.16 bits per heavy atom. The number of benzene rings is 1. The van der Waals surface area contributed by atoms with Crippen LogP contribution in [0.15, 0.2) is 33.9 Å². The lowest BCUT2D eigenvalue weighted by molar-refractivity contribution is 0.0769. The number of nitrogens with zero attached hydrogens (tertiary/aromatic N) is 5. The summed E-state index contributed by atoms with van der Waals surface area (Å²) in [6.45, 7) is 4.77. The predicted octanol–water partition coefficient (Wildman–Crippen LogP) is 0.885. The summed E-state index contributed by atoms with van der Waals surface area (Å²) in [4.78, 5) is 47.3. The molecule has 1 fully saturated rings. The molecule has 10 nitrogen and oxygen atoms in total. The molecule has 32 heavy (non-hydrogen) atoms. The van der Waals surface area contributed by atoms with Crippen LogP contribution in [0.4, 0.5) is 9.18 Å². The molecular weight excluding hydrogens is 419 g/mol. The lowest BCUT2D eigenvalue weighted by Crippen LogP contribution is -2.48. The molecule has 11 heteroatoms. The lowest BCUT2D eigenvalue weighted by Gasteiger charge is -2.33. The second-order valence-electron chi connectivity index (χ2n) is 7.66. The van der Waals surface area contributed by atoms with E-state index in [1.165, 1.54) is 17.7 Å². The number of ether oxygens (including phenoxy) is 1. The molecule has 0 unspecified atom stereocenters. The molecule has 1 N–H and O–H groups in total. The van der Waals surface area contributed by atoms with E-state index in [1.807, 2.05) is 0 Å². The highest BCUT2D eigenvalue weighted by Crippen LogP contribution is 2.18. The lowest BCUT2D eigenvalue weighted by atomic mass is 10.2. The third kappa shape index (κ3) is 4.15. The van der Waals surface area contributed by atoms with Crippen LogP contribution in [-0.4, -0.2) is 67.8 Å². The first-order valence-electron chi connectivity index (χ1n) is 10.4. The van der Waals surface area contributed by atoms with Crippen molar-refractivity contribution in [3.05, 3.63) is 62.3 Å². The van der Waals surface area contributed by atoms with Crippen molar-refractivity contribution in [2.24, 2.45) is 7.05 Å². The van der Waals surface area contributed by atoms with Gasteiger partial charge < -0.3 is 14.2 Å². The fraction of sp³-hybridized carbons (Fsp3) is 0.429. The van der Waals surface area contributed by atoms with Gasteiger partial charge in [0, 0.05) is 38.8 Å². The number of aryl methyl sites for hydroxylation is 1. The smallest absolute Gasteiger partial charge is 0.409 e. The van der Waals surface area contributed by atoms with Crippen molar-refractivity contribution in [2.45, 2.75) is 20.0 Å². The van der Waals surface area contributed by atoms with E-state index in [4.69, 9.17) is 4.74 Å². The van der Waals surface area contributed by atoms with Gasteiger partial charge in [-0.25, -0.2) is 19.0 Å². The molecule has 0 aliphatic carbocycles. The summed E-state index contributed by atoms with van der Waals surface area (Å²) >= 11 is 0. The molecule has 2 aromatic heterocycles. The van der Waals surface area contributed by atoms with E-state index in [-0.39, 0.29) is 29.6 Å². The number of halogens is 1. The molecule has 1 aliphatic heterocycles. The van der Waals surface area contributed by atoms with E-state index in [0.29, 0.717) is 50.7 Å². The van der Waals surface area contributed by atoms with Gasteiger partial charge in [0.2, 0.25) is 0 Å². The van der Waals surface area contributed by atoms with Crippen LogP contribution in [0, 0.1) is 5.82 Å². The minimum Gasteiger partial charge on any atom is -0.450 e. The molecule has 0 saturated carbocycles. The zero-order valence-electron chi connectivity index (χ0n) is 18.0. The zero-order chi connectivity index (χ0) is 22.8. The molecule has 0 radical (unpaired) electrons. The first kappa shape index (κ1) is 21.8. The number of hydrogen-bond donors (Lipinski definition) is 1. The molecule has 1 amide bonds. The summed E-state index contributed by atoms with van der Waals surface area (Å²) in [5.41, 5.74) is -0.253. The summed E-state index contributed by atoms with van der Waals surface area (Å²) in [6, 6.07) is 6.35. The highest BCUT2D eigenvalue weighted by molar-refractivity contribution is 5.71. The van der Waals surface area contributed by atoms with Gasteiger partial charge in [-0.15, -0.1) is 0 Å². The topological polar surface area (TPSA) is 105 Å². The summed E-state index contributed by atoms with van der Waals surface area (Å²) in [5, 5.41) is 0. The Hall–Kier alpha value is -3.47. The van der Waals surface area contributed by atoms with Crippen molar-refractivity contribution in [1.82, 2.24) is 28.9 Å². The fourth-order valence-electron chi connectivity index (χ4n) is 3.87. The normalized spacial score (nSPS) is 14.8. The highest BCUT2D eigenvalue weighted by atomic mass is 19.1. The van der Waals surface area contributed by atoms with Crippen LogP contribution in [0.5, 0.6) is 0 Å². The minimum atomic E-state index is -0.565. The van der Waals surface area contributed by atoms with Crippen LogP contribution < -0.4 is 11.2 Å². The maximum absolute atomic E-state index is 14.4. The Kier molecular flexibility index (Phi) is 6.08. The molecule has 170 valence electrons. The number of piperazine rings is 1. The number of carbonyl (C=O) groups is 1. The SMILES string of the molecule is CCOC(=O)N1CCN(Cc2nc3c(c(=O)[nH]c(=O)n3C)n2Cc2ccccc2F)CC1. The van der Waals surface area contributed by atoms with Crippen molar-refractivity contribution < 1.29 is 13.9 Å². The van der Waals surface area contributed by atoms with Crippen LogP contribution in [0.25, 0.3) is 11.2 Å². The standard InChI is InChI=1S/C21H25FN6O4/c1-3-32-21(31)27-10-8-26(9-11-27)13-16-23-18-17(19(29)24-20(30)25(18)2)28(16)12-14-6-4-5-7-15(14)22/h4-7H,3,8-13H2,1-2H3,(H,24,29,30). The van der Waals surface area contributed by atoms with Gasteiger partial charge in [-0.2, -0.15) is 0 Å². The first-order valence-corrected chi connectivity index (χ1v) is 10.4. The molecule has 1 saturated heterocycles. The van der Waals surface area contributed by atoms with E-state index in [0.717, 1.165) is 0 Å². The maximum Gasteiger partial charge on any atom is 0.409 e. The van der Waals surface area contributed by atoms with Crippen molar-refractivity contribution in [3.8, 4) is 0 Å². The van der Waals surface area contributed by atoms with Crippen LogP contribution in [0.3, 0.4) is 0 Å². The van der Waals surface area contributed by atoms with Crippen molar-refractivity contribution in [3.63, 3.8) is 0 Å². The number of carbonyl (C=O) groups excluding carboxylic acids is 1. The predicted molar refractivity (Wildman–Crippen MR) is 115 cm³/mol. The number of H-pyrrole nitrogens is 1. The molecule has 3 heterocycles. The Morgan fingerprint density at radius 3 is 2.56 bits per heavy atom. The molecule has 0 atom stereocenters. The largest absolute Gasteiger partial charge is 0.450 e. The Morgan fingerprint density at radius 2 is 1.88 bits per heavy atom. The number of fused-ring (bicyclic) bond motifs is 1. The van der Waals surface area contributed by atoms with Crippen LogP contribution in [-0.2, 0) is 24.9 Å².